The number of nitrogens with one attached hydrogen (secondary N) is 1. The number of hydrogen-bond donors (Lipinski definition) is 2. The minimum Gasteiger partial charge on any atom is -0.407 e. The number of nitrogens with two attached hydrogens (primary N) is 1. The molecule has 0 atom stereocenters. The number of hydrogen-bond acceptors (Lipinski definition) is 5. The second kappa shape index (κ2) is 13.3. The van der Waals surface area contributed by atoms with Gasteiger partial charge >= 0.3 is 0 Å². The van der Waals surface area contributed by atoms with Gasteiger partial charge in [0.25, 0.3) is 9.04 Å². The maximum atomic E-state index is 13.0. The van der Waals surface area contributed by atoms with Gasteiger partial charge in [-0.25, -0.2) is 0 Å². The van der Waals surface area contributed by atoms with Gasteiger partial charge in [-0.15, -0.1) is 0 Å². The Hall–Kier alpha value is -3.13. The van der Waals surface area contributed by atoms with Gasteiger partial charge in [0.05, 0.1) is 11.4 Å². The highest BCUT2D eigenvalue weighted by molar-refractivity contribution is 6.80. The van der Waals surface area contributed by atoms with Gasteiger partial charge in [-0.2, -0.15) is 0 Å². The van der Waals surface area contributed by atoms with Crippen molar-refractivity contribution < 1.29 is 9.22 Å². The van der Waals surface area contributed by atoms with E-state index in [9.17, 15) is 4.79 Å². The highest BCUT2D eigenvalue weighted by atomic mass is 28.3. The van der Waals surface area contributed by atoms with Crippen molar-refractivity contribution in [3.63, 3.8) is 0 Å². The Morgan fingerprint density at radius 3 is 2.38 bits per heavy atom. The Morgan fingerprint density at radius 1 is 0.949 bits per heavy atom. The van der Waals surface area contributed by atoms with Crippen molar-refractivity contribution in [2.45, 2.75) is 45.4 Å². The van der Waals surface area contributed by atoms with Crippen molar-refractivity contribution in [2.24, 2.45) is 0 Å². The first-order valence-electron chi connectivity index (χ1n) is 14.0. The van der Waals surface area contributed by atoms with Crippen LogP contribution in [0.2, 0.25) is 0 Å². The second-order valence-electron chi connectivity index (χ2n) is 11.4. The molecular formula is C32H43N4O2Si. The van der Waals surface area contributed by atoms with E-state index in [1.807, 2.05) is 24.3 Å². The van der Waals surface area contributed by atoms with Crippen LogP contribution in [0.25, 0.3) is 0 Å². The molecule has 1 aliphatic rings. The fraction of sp³-hybridized carbons (Fsp3) is 0.406. The molecule has 0 unspecified atom stereocenters. The minimum absolute atomic E-state index is 0.0135. The molecule has 0 bridgehead atoms. The van der Waals surface area contributed by atoms with Crippen LogP contribution in [0, 0.1) is 0 Å². The van der Waals surface area contributed by atoms with E-state index in [1.165, 1.54) is 15.9 Å². The fourth-order valence-electron chi connectivity index (χ4n) is 4.88. The highest BCUT2D eigenvalue weighted by Crippen LogP contribution is 2.29. The summed E-state index contributed by atoms with van der Waals surface area (Å²) in [6.07, 6.45) is 2.14. The summed E-state index contributed by atoms with van der Waals surface area (Å²) in [5, 5.41) is 5.56. The van der Waals surface area contributed by atoms with Gasteiger partial charge in [-0.05, 0) is 66.0 Å². The summed E-state index contributed by atoms with van der Waals surface area (Å²) in [7, 11) is 0.745. The summed E-state index contributed by atoms with van der Waals surface area (Å²) in [4.78, 5) is 17.7. The second-order valence-corrected chi connectivity index (χ2v) is 13.5. The zero-order valence-corrected chi connectivity index (χ0v) is 24.9. The third-order valence-corrected chi connectivity index (χ3v) is 9.41. The largest absolute Gasteiger partial charge is 0.407 e. The van der Waals surface area contributed by atoms with Gasteiger partial charge in [0.15, 0.2) is 0 Å². The highest BCUT2D eigenvalue weighted by Gasteiger charge is 2.21. The molecule has 1 fully saturated rings. The number of nitrogen functional groups attached to an aromatic ring is 1. The maximum absolute atomic E-state index is 13.0. The van der Waals surface area contributed by atoms with E-state index in [-0.39, 0.29) is 11.3 Å². The molecule has 0 aliphatic carbocycles. The standard InChI is InChI=1S/C32H43N4O2Si/c1-32(2,3)25-13-16-28(17-14-25)39(27-10-6-5-7-11-27)38-23-8-12-31(37)34-29-24-26(33)15-18-30(29)36-20-9-19-35(4)21-22-36/h5-7,10-11,13-18,24H,8-9,12,19-23,33H2,1-4H3,(H,34,37). The van der Waals surface area contributed by atoms with Crippen LogP contribution in [0.5, 0.6) is 0 Å². The van der Waals surface area contributed by atoms with Gasteiger partial charge in [-0.3, -0.25) is 4.79 Å². The van der Waals surface area contributed by atoms with Crippen molar-refractivity contribution in [1.82, 2.24) is 4.90 Å². The summed E-state index contributed by atoms with van der Waals surface area (Å²) in [6.45, 7) is 11.2. The number of rotatable bonds is 9. The van der Waals surface area contributed by atoms with Crippen LogP contribution in [-0.2, 0) is 14.6 Å². The molecule has 39 heavy (non-hydrogen) atoms. The lowest BCUT2D eigenvalue weighted by molar-refractivity contribution is -0.116. The predicted molar refractivity (Wildman–Crippen MR) is 166 cm³/mol. The van der Waals surface area contributed by atoms with Crippen molar-refractivity contribution in [2.75, 3.05) is 55.8 Å². The van der Waals surface area contributed by atoms with E-state index in [4.69, 9.17) is 10.2 Å². The Balaban J connectivity index is 1.37. The van der Waals surface area contributed by atoms with Gasteiger partial charge in [0, 0.05) is 38.3 Å². The van der Waals surface area contributed by atoms with Gasteiger partial charge in [0.1, 0.15) is 0 Å². The zero-order valence-electron chi connectivity index (χ0n) is 23.9. The average Bonchev–Trinajstić information content (AvgIpc) is 3.13. The van der Waals surface area contributed by atoms with Crippen molar-refractivity contribution in [1.29, 1.82) is 0 Å². The van der Waals surface area contributed by atoms with Crippen LogP contribution >= 0.6 is 0 Å². The lowest BCUT2D eigenvalue weighted by Crippen LogP contribution is -2.45. The number of benzene rings is 3. The molecule has 207 valence electrons. The van der Waals surface area contributed by atoms with E-state index in [2.05, 4.69) is 91.5 Å². The average molecular weight is 544 g/mol. The number of anilines is 3. The molecule has 1 radical (unpaired) electrons. The summed E-state index contributed by atoms with van der Waals surface area (Å²) >= 11 is 0. The van der Waals surface area contributed by atoms with Crippen LogP contribution in [-0.4, -0.2) is 59.7 Å². The minimum atomic E-state index is -1.41. The molecular weight excluding hydrogens is 500 g/mol. The molecule has 7 heteroatoms. The molecule has 0 spiro atoms. The van der Waals surface area contributed by atoms with Gasteiger partial charge in [-0.1, -0.05) is 75.4 Å². The molecule has 3 aromatic carbocycles. The number of carbonyl (C=O) groups is 1. The van der Waals surface area contributed by atoms with Crippen LogP contribution in [0.15, 0.2) is 72.8 Å². The first-order chi connectivity index (χ1) is 18.7. The summed E-state index contributed by atoms with van der Waals surface area (Å²) in [5.41, 5.74) is 9.99. The lowest BCUT2D eigenvalue weighted by Gasteiger charge is -2.26. The SMILES string of the molecule is CN1CCCN(c2ccc(N)cc2NC(=O)CCCO[Si](c2ccccc2)c2ccc(C(C)(C)C)cc2)CC1. The summed E-state index contributed by atoms with van der Waals surface area (Å²) in [6, 6.07) is 25.1. The fourth-order valence-corrected chi connectivity index (χ4v) is 6.86. The van der Waals surface area contributed by atoms with E-state index < -0.39 is 9.04 Å². The lowest BCUT2D eigenvalue weighted by atomic mass is 9.87. The Morgan fingerprint density at radius 2 is 1.67 bits per heavy atom. The number of likely N-dealkylation sites (N-methyl/N-ethyl adjacent to an activating group) is 1. The molecule has 1 saturated heterocycles. The molecule has 3 N–H and O–H groups in total. The topological polar surface area (TPSA) is 70.8 Å². The molecule has 1 amide bonds. The first kappa shape index (κ1) is 28.9. The Kier molecular flexibility index (Phi) is 9.83. The molecule has 1 aliphatic heterocycles. The number of nitrogens with zero attached hydrogens (tertiary/aromatic N) is 2. The first-order valence-corrected chi connectivity index (χ1v) is 15.4. The zero-order chi connectivity index (χ0) is 27.8. The Labute approximate surface area is 235 Å². The third-order valence-electron chi connectivity index (χ3n) is 7.20. The third kappa shape index (κ3) is 8.18. The van der Waals surface area contributed by atoms with Crippen LogP contribution in [0.4, 0.5) is 17.1 Å². The smallest absolute Gasteiger partial charge is 0.282 e. The van der Waals surface area contributed by atoms with Crippen molar-refractivity contribution in [3.8, 4) is 0 Å². The van der Waals surface area contributed by atoms with E-state index in [1.54, 1.807) is 0 Å². The quantitative estimate of drug-likeness (QED) is 0.240. The van der Waals surface area contributed by atoms with E-state index in [0.717, 1.165) is 44.0 Å². The summed E-state index contributed by atoms with van der Waals surface area (Å²) < 4.78 is 6.49. The van der Waals surface area contributed by atoms with Crippen molar-refractivity contribution in [3.05, 3.63) is 78.4 Å². The molecule has 4 rings (SSSR count). The van der Waals surface area contributed by atoms with Crippen LogP contribution in [0.1, 0.15) is 45.6 Å². The monoisotopic (exact) mass is 543 g/mol. The normalized spacial score (nSPS) is 14.8. The molecule has 6 nitrogen and oxygen atoms in total. The number of carbonyl (C=O) groups excluding carboxylic acids is 1. The molecule has 1 heterocycles. The van der Waals surface area contributed by atoms with Crippen LogP contribution in [0.3, 0.4) is 0 Å². The predicted octanol–water partition coefficient (Wildman–Crippen LogP) is 4.25. The van der Waals surface area contributed by atoms with E-state index >= 15 is 0 Å². The van der Waals surface area contributed by atoms with Gasteiger partial charge < -0.3 is 25.3 Å². The molecule has 0 aromatic heterocycles. The van der Waals surface area contributed by atoms with E-state index in [0.29, 0.717) is 25.1 Å². The van der Waals surface area contributed by atoms with Crippen LogP contribution < -0.4 is 26.3 Å². The maximum Gasteiger partial charge on any atom is 0.282 e. The van der Waals surface area contributed by atoms with Gasteiger partial charge in [0.2, 0.25) is 5.91 Å². The molecule has 0 saturated carbocycles. The number of amides is 1. The Bertz CT molecular complexity index is 1210. The summed E-state index contributed by atoms with van der Waals surface area (Å²) in [5.74, 6) is -0.0135. The van der Waals surface area contributed by atoms with Crippen molar-refractivity contribution >= 4 is 42.4 Å². The molecule has 3 aromatic rings.